The second-order valence-electron chi connectivity index (χ2n) is 5.75. The number of likely N-dealkylation sites (tertiary alicyclic amines) is 1. The third kappa shape index (κ3) is 2.24. The van der Waals surface area contributed by atoms with Gasteiger partial charge in [0.1, 0.15) is 5.82 Å². The minimum Gasteiger partial charge on any atom is -0.338 e. The Morgan fingerprint density at radius 3 is 2.95 bits per heavy atom. The fraction of sp³-hybridized carbons (Fsp3) is 0.643. The van der Waals surface area contributed by atoms with E-state index in [4.69, 9.17) is 0 Å². The lowest BCUT2D eigenvalue weighted by Crippen LogP contribution is -2.40. The summed E-state index contributed by atoms with van der Waals surface area (Å²) in [5, 5.41) is 3.33. The average Bonchev–Trinajstić information content (AvgIpc) is 2.95. The van der Waals surface area contributed by atoms with Crippen LogP contribution in [0.3, 0.4) is 0 Å². The molecule has 6 heteroatoms. The molecule has 0 spiro atoms. The quantitative estimate of drug-likeness (QED) is 0.781. The Kier molecular flexibility index (Phi) is 3.33. The number of aromatic amines is 1. The monoisotopic (exact) mass is 276 g/mol. The second-order valence-corrected chi connectivity index (χ2v) is 5.75. The van der Waals surface area contributed by atoms with Crippen LogP contribution in [0.25, 0.3) is 0 Å². The zero-order valence-corrected chi connectivity index (χ0v) is 11.9. The Morgan fingerprint density at radius 1 is 1.40 bits per heavy atom. The van der Waals surface area contributed by atoms with Gasteiger partial charge in [0, 0.05) is 36.9 Å². The third-order valence-corrected chi connectivity index (χ3v) is 4.43. The van der Waals surface area contributed by atoms with Crippen molar-refractivity contribution in [1.82, 2.24) is 20.2 Å². The summed E-state index contributed by atoms with van der Waals surface area (Å²) in [7, 11) is 0. The lowest BCUT2D eigenvalue weighted by molar-refractivity contribution is -0.131. The number of amides is 1. The predicted octanol–water partition coefficient (Wildman–Crippen LogP) is -0.250. The Labute approximate surface area is 117 Å². The number of aryl methyl sites for hydroxylation is 2. The van der Waals surface area contributed by atoms with Crippen LogP contribution < -0.4 is 10.9 Å². The number of carbonyl (C=O) groups is 1. The standard InChI is InChI=1S/C14H20N4O2/c1-8-11(14(20)17-9(2)16-8)5-13(19)18-4-3-10-6-15-7-12(10)18/h10,12,15H,3-7H2,1-2H3,(H,16,17,20). The molecule has 0 saturated carbocycles. The molecule has 3 heterocycles. The summed E-state index contributed by atoms with van der Waals surface area (Å²) in [6.45, 7) is 6.22. The number of hydrogen-bond donors (Lipinski definition) is 2. The van der Waals surface area contributed by atoms with Crippen molar-refractivity contribution in [2.24, 2.45) is 5.92 Å². The smallest absolute Gasteiger partial charge is 0.254 e. The highest BCUT2D eigenvalue weighted by atomic mass is 16.2. The van der Waals surface area contributed by atoms with Crippen LogP contribution in [0, 0.1) is 19.8 Å². The summed E-state index contributed by atoms with van der Waals surface area (Å²) >= 11 is 0. The van der Waals surface area contributed by atoms with Crippen molar-refractivity contribution in [3.8, 4) is 0 Å². The van der Waals surface area contributed by atoms with Crippen LogP contribution in [0.5, 0.6) is 0 Å². The molecule has 2 fully saturated rings. The van der Waals surface area contributed by atoms with Crippen molar-refractivity contribution in [2.45, 2.75) is 32.7 Å². The van der Waals surface area contributed by atoms with Gasteiger partial charge in [0.15, 0.2) is 0 Å². The molecule has 2 aliphatic heterocycles. The topological polar surface area (TPSA) is 78.1 Å². The van der Waals surface area contributed by atoms with Crippen LogP contribution in [0.15, 0.2) is 4.79 Å². The molecule has 2 aliphatic rings. The van der Waals surface area contributed by atoms with Gasteiger partial charge < -0.3 is 15.2 Å². The molecule has 20 heavy (non-hydrogen) atoms. The van der Waals surface area contributed by atoms with E-state index in [1.54, 1.807) is 13.8 Å². The van der Waals surface area contributed by atoms with Crippen molar-refractivity contribution >= 4 is 5.91 Å². The molecule has 1 amide bonds. The predicted molar refractivity (Wildman–Crippen MR) is 74.5 cm³/mol. The van der Waals surface area contributed by atoms with Gasteiger partial charge >= 0.3 is 0 Å². The van der Waals surface area contributed by atoms with E-state index in [0.29, 0.717) is 29.0 Å². The maximum Gasteiger partial charge on any atom is 0.254 e. The first-order chi connectivity index (χ1) is 9.56. The van der Waals surface area contributed by atoms with Gasteiger partial charge in [-0.1, -0.05) is 0 Å². The van der Waals surface area contributed by atoms with Gasteiger partial charge in [-0.05, 0) is 26.2 Å². The Morgan fingerprint density at radius 2 is 2.20 bits per heavy atom. The van der Waals surface area contributed by atoms with Crippen LogP contribution in [-0.4, -0.2) is 46.5 Å². The highest BCUT2D eigenvalue weighted by Crippen LogP contribution is 2.27. The van der Waals surface area contributed by atoms with Crippen molar-refractivity contribution in [1.29, 1.82) is 0 Å². The molecule has 6 nitrogen and oxygen atoms in total. The number of fused-ring (bicyclic) bond motifs is 1. The van der Waals surface area contributed by atoms with Gasteiger partial charge in [-0.3, -0.25) is 9.59 Å². The van der Waals surface area contributed by atoms with Gasteiger partial charge in [-0.15, -0.1) is 0 Å². The molecular weight excluding hydrogens is 256 g/mol. The average molecular weight is 276 g/mol. The van der Waals surface area contributed by atoms with E-state index in [9.17, 15) is 9.59 Å². The van der Waals surface area contributed by atoms with Gasteiger partial charge in [0.05, 0.1) is 6.42 Å². The molecule has 0 radical (unpaired) electrons. The van der Waals surface area contributed by atoms with Crippen LogP contribution in [0.2, 0.25) is 0 Å². The summed E-state index contributed by atoms with van der Waals surface area (Å²) in [5.74, 6) is 1.21. The molecule has 3 rings (SSSR count). The lowest BCUT2D eigenvalue weighted by atomic mass is 10.0. The SMILES string of the molecule is Cc1nc(C)c(CC(=O)N2CCC3CNCC32)c(=O)[nH]1. The van der Waals surface area contributed by atoms with E-state index in [2.05, 4.69) is 15.3 Å². The molecule has 0 bridgehead atoms. The van der Waals surface area contributed by atoms with E-state index in [-0.39, 0.29) is 17.9 Å². The molecule has 1 aromatic rings. The zero-order valence-electron chi connectivity index (χ0n) is 11.9. The Bertz CT molecular complexity index is 595. The fourth-order valence-electron chi connectivity index (χ4n) is 3.37. The second kappa shape index (κ2) is 5.01. The molecule has 0 aliphatic carbocycles. The number of rotatable bonds is 2. The minimum atomic E-state index is -0.191. The van der Waals surface area contributed by atoms with Crippen LogP contribution >= 0.6 is 0 Å². The summed E-state index contributed by atoms with van der Waals surface area (Å²) in [4.78, 5) is 33.3. The van der Waals surface area contributed by atoms with Crippen molar-refractivity contribution in [3.05, 3.63) is 27.4 Å². The molecule has 108 valence electrons. The molecule has 0 aromatic carbocycles. The van der Waals surface area contributed by atoms with Crippen molar-refractivity contribution in [3.63, 3.8) is 0 Å². The summed E-state index contributed by atoms with van der Waals surface area (Å²) in [6.07, 6.45) is 1.21. The van der Waals surface area contributed by atoms with E-state index in [0.717, 1.165) is 26.1 Å². The van der Waals surface area contributed by atoms with Gasteiger partial charge in [0.25, 0.3) is 5.56 Å². The zero-order chi connectivity index (χ0) is 14.3. The number of aromatic nitrogens is 2. The Hall–Kier alpha value is -1.69. The normalized spacial score (nSPS) is 25.0. The lowest BCUT2D eigenvalue weighted by Gasteiger charge is -2.23. The van der Waals surface area contributed by atoms with Crippen LogP contribution in [0.4, 0.5) is 0 Å². The molecule has 2 atom stereocenters. The van der Waals surface area contributed by atoms with Crippen LogP contribution in [-0.2, 0) is 11.2 Å². The highest BCUT2D eigenvalue weighted by Gasteiger charge is 2.39. The van der Waals surface area contributed by atoms with Gasteiger partial charge in [-0.25, -0.2) is 4.98 Å². The van der Waals surface area contributed by atoms with E-state index >= 15 is 0 Å². The largest absolute Gasteiger partial charge is 0.338 e. The van der Waals surface area contributed by atoms with Crippen molar-refractivity contribution in [2.75, 3.05) is 19.6 Å². The van der Waals surface area contributed by atoms with Crippen LogP contribution in [0.1, 0.15) is 23.5 Å². The number of H-pyrrole nitrogens is 1. The summed E-state index contributed by atoms with van der Waals surface area (Å²) in [5.41, 5.74) is 0.957. The number of nitrogens with zero attached hydrogens (tertiary/aromatic N) is 2. The summed E-state index contributed by atoms with van der Waals surface area (Å²) < 4.78 is 0. The number of hydrogen-bond acceptors (Lipinski definition) is 4. The molecule has 2 saturated heterocycles. The van der Waals surface area contributed by atoms with E-state index in [1.165, 1.54) is 0 Å². The third-order valence-electron chi connectivity index (χ3n) is 4.43. The maximum absolute atomic E-state index is 12.5. The van der Waals surface area contributed by atoms with E-state index < -0.39 is 0 Å². The molecule has 2 N–H and O–H groups in total. The minimum absolute atomic E-state index is 0.0421. The maximum atomic E-state index is 12.5. The summed E-state index contributed by atoms with van der Waals surface area (Å²) in [6, 6.07) is 0.306. The molecule has 1 aromatic heterocycles. The number of nitrogens with one attached hydrogen (secondary N) is 2. The molecular formula is C14H20N4O2. The van der Waals surface area contributed by atoms with Gasteiger partial charge in [0.2, 0.25) is 5.91 Å². The fourth-order valence-corrected chi connectivity index (χ4v) is 3.37. The first-order valence-electron chi connectivity index (χ1n) is 7.13. The first kappa shape index (κ1) is 13.3. The van der Waals surface area contributed by atoms with E-state index in [1.807, 2.05) is 4.90 Å². The number of carbonyl (C=O) groups excluding carboxylic acids is 1. The first-order valence-corrected chi connectivity index (χ1v) is 7.13. The van der Waals surface area contributed by atoms with Crippen molar-refractivity contribution < 1.29 is 4.79 Å². The van der Waals surface area contributed by atoms with Gasteiger partial charge in [-0.2, -0.15) is 0 Å². The molecule has 2 unspecified atom stereocenters. The Balaban J connectivity index is 1.78. The highest BCUT2D eigenvalue weighted by molar-refractivity contribution is 5.79.